The van der Waals surface area contributed by atoms with Crippen LogP contribution in [-0.2, 0) is 0 Å². The zero-order valence-electron chi connectivity index (χ0n) is 10.4. The third-order valence-electron chi connectivity index (χ3n) is 4.38. The molecule has 1 aliphatic carbocycles. The second-order valence-corrected chi connectivity index (χ2v) is 6.80. The zero-order chi connectivity index (χ0) is 10.6. The molecule has 2 rings (SSSR count). The summed E-state index contributed by atoms with van der Waals surface area (Å²) in [7, 11) is 0. The van der Waals surface area contributed by atoms with Gasteiger partial charge in [-0.1, -0.05) is 20.8 Å². The molecule has 1 heteroatoms. The highest BCUT2D eigenvalue weighted by molar-refractivity contribution is 5.11. The molecular weight excluding hydrogens is 170 g/mol. The summed E-state index contributed by atoms with van der Waals surface area (Å²) in [4.78, 5) is 2.66. The first-order valence-corrected chi connectivity index (χ1v) is 6.09. The van der Waals surface area contributed by atoms with Crippen LogP contribution in [0.4, 0.5) is 0 Å². The van der Waals surface area contributed by atoms with E-state index in [0.29, 0.717) is 5.41 Å². The third-order valence-corrected chi connectivity index (χ3v) is 4.38. The zero-order valence-corrected chi connectivity index (χ0v) is 10.4. The van der Waals surface area contributed by atoms with Crippen LogP contribution in [0.15, 0.2) is 0 Å². The lowest BCUT2D eigenvalue weighted by atomic mass is 9.84. The minimum absolute atomic E-state index is 0.535. The van der Waals surface area contributed by atoms with Gasteiger partial charge in [-0.2, -0.15) is 0 Å². The molecule has 0 aromatic heterocycles. The van der Waals surface area contributed by atoms with E-state index in [0.717, 1.165) is 17.4 Å². The van der Waals surface area contributed by atoms with Crippen LogP contribution >= 0.6 is 0 Å². The van der Waals surface area contributed by atoms with Gasteiger partial charge >= 0.3 is 0 Å². The van der Waals surface area contributed by atoms with Gasteiger partial charge in [0.2, 0.25) is 0 Å². The van der Waals surface area contributed by atoms with Gasteiger partial charge in [0.15, 0.2) is 0 Å². The van der Waals surface area contributed by atoms with Crippen molar-refractivity contribution in [2.24, 2.45) is 16.7 Å². The van der Waals surface area contributed by atoms with Crippen molar-refractivity contribution in [2.75, 3.05) is 13.1 Å². The molecule has 2 aliphatic rings. The van der Waals surface area contributed by atoms with E-state index in [9.17, 15) is 0 Å². The normalized spacial score (nSPS) is 38.6. The molecule has 2 atom stereocenters. The van der Waals surface area contributed by atoms with E-state index in [2.05, 4.69) is 39.5 Å². The number of hydrogen-bond acceptors (Lipinski definition) is 1. The summed E-state index contributed by atoms with van der Waals surface area (Å²) < 4.78 is 0. The standard InChI is InChI=1S/C13H25N/c1-10(2)14-7-6-13(9-14)8-11(13)12(3,4)5/h10-11H,6-9H2,1-5H3. The van der Waals surface area contributed by atoms with E-state index in [-0.39, 0.29) is 0 Å². The first-order valence-electron chi connectivity index (χ1n) is 6.09. The molecule has 2 unspecified atom stereocenters. The summed E-state index contributed by atoms with van der Waals surface area (Å²) in [5.41, 5.74) is 1.26. The second kappa shape index (κ2) is 2.98. The highest BCUT2D eigenvalue weighted by Gasteiger charge is 2.61. The van der Waals surface area contributed by atoms with Crippen molar-refractivity contribution in [2.45, 2.75) is 53.5 Å². The Kier molecular flexibility index (Phi) is 2.23. The molecule has 1 aliphatic heterocycles. The first kappa shape index (κ1) is 10.5. The molecular formula is C13H25N. The molecule has 0 aromatic rings. The Balaban J connectivity index is 1.98. The minimum atomic E-state index is 0.535. The lowest BCUT2D eigenvalue weighted by molar-refractivity contribution is 0.236. The fraction of sp³-hybridized carbons (Fsp3) is 1.00. The minimum Gasteiger partial charge on any atom is -0.300 e. The van der Waals surface area contributed by atoms with Gasteiger partial charge in [0, 0.05) is 12.6 Å². The molecule has 1 heterocycles. The Morgan fingerprint density at radius 3 is 2.29 bits per heavy atom. The van der Waals surface area contributed by atoms with Gasteiger partial charge < -0.3 is 4.90 Å². The average molecular weight is 195 g/mol. The summed E-state index contributed by atoms with van der Waals surface area (Å²) in [6, 6.07) is 0.746. The van der Waals surface area contributed by atoms with E-state index in [1.165, 1.54) is 25.9 Å². The third kappa shape index (κ3) is 1.60. The lowest BCUT2D eigenvalue weighted by Gasteiger charge is -2.24. The van der Waals surface area contributed by atoms with Gasteiger partial charge in [-0.15, -0.1) is 0 Å². The summed E-state index contributed by atoms with van der Waals surface area (Å²) >= 11 is 0. The monoisotopic (exact) mass is 195 g/mol. The Labute approximate surface area is 88.9 Å². The Morgan fingerprint density at radius 1 is 1.29 bits per heavy atom. The van der Waals surface area contributed by atoms with Crippen LogP contribution in [0.1, 0.15) is 47.5 Å². The second-order valence-electron chi connectivity index (χ2n) is 6.80. The van der Waals surface area contributed by atoms with Crippen molar-refractivity contribution < 1.29 is 0 Å². The molecule has 0 amide bonds. The van der Waals surface area contributed by atoms with Crippen LogP contribution in [0.25, 0.3) is 0 Å². The Morgan fingerprint density at radius 2 is 1.93 bits per heavy atom. The van der Waals surface area contributed by atoms with Crippen LogP contribution in [0.3, 0.4) is 0 Å². The smallest absolute Gasteiger partial charge is 0.00441 e. The molecule has 1 nitrogen and oxygen atoms in total. The fourth-order valence-electron chi connectivity index (χ4n) is 3.39. The largest absolute Gasteiger partial charge is 0.300 e. The van der Waals surface area contributed by atoms with E-state index in [1.54, 1.807) is 0 Å². The first-order chi connectivity index (χ1) is 6.35. The van der Waals surface area contributed by atoms with E-state index in [1.807, 2.05) is 0 Å². The molecule has 14 heavy (non-hydrogen) atoms. The molecule has 0 aromatic carbocycles. The Hall–Kier alpha value is -0.0400. The Bertz CT molecular complexity index is 226. The van der Waals surface area contributed by atoms with Crippen molar-refractivity contribution in [3.8, 4) is 0 Å². The molecule has 1 spiro atoms. The van der Waals surface area contributed by atoms with Gasteiger partial charge in [0.1, 0.15) is 0 Å². The van der Waals surface area contributed by atoms with Crippen LogP contribution < -0.4 is 0 Å². The SMILES string of the molecule is CC(C)N1CCC2(CC2C(C)(C)C)C1. The predicted molar refractivity (Wildman–Crippen MR) is 61.3 cm³/mol. The summed E-state index contributed by atoms with van der Waals surface area (Å²) in [6.45, 7) is 14.6. The van der Waals surface area contributed by atoms with Gasteiger partial charge in [-0.05, 0) is 50.0 Å². The van der Waals surface area contributed by atoms with Crippen molar-refractivity contribution in [1.82, 2.24) is 4.90 Å². The number of nitrogens with zero attached hydrogens (tertiary/aromatic N) is 1. The maximum atomic E-state index is 2.66. The van der Waals surface area contributed by atoms with Crippen LogP contribution in [0.2, 0.25) is 0 Å². The molecule has 0 radical (unpaired) electrons. The van der Waals surface area contributed by atoms with Crippen molar-refractivity contribution >= 4 is 0 Å². The van der Waals surface area contributed by atoms with Crippen molar-refractivity contribution in [3.05, 3.63) is 0 Å². The number of rotatable bonds is 1. The van der Waals surface area contributed by atoms with Gasteiger partial charge in [-0.3, -0.25) is 0 Å². The van der Waals surface area contributed by atoms with Gasteiger partial charge in [0.25, 0.3) is 0 Å². The molecule has 1 saturated carbocycles. The fourth-order valence-corrected chi connectivity index (χ4v) is 3.39. The predicted octanol–water partition coefficient (Wildman–Crippen LogP) is 3.15. The molecule has 2 fully saturated rings. The van der Waals surface area contributed by atoms with Gasteiger partial charge in [0.05, 0.1) is 0 Å². The maximum Gasteiger partial charge on any atom is 0.00441 e. The van der Waals surface area contributed by atoms with E-state index >= 15 is 0 Å². The van der Waals surface area contributed by atoms with Crippen LogP contribution in [0.5, 0.6) is 0 Å². The van der Waals surface area contributed by atoms with Crippen LogP contribution in [-0.4, -0.2) is 24.0 Å². The number of hydrogen-bond donors (Lipinski definition) is 0. The average Bonchev–Trinajstić information content (AvgIpc) is 2.52. The summed E-state index contributed by atoms with van der Waals surface area (Å²) in [5.74, 6) is 0.985. The van der Waals surface area contributed by atoms with E-state index in [4.69, 9.17) is 0 Å². The topological polar surface area (TPSA) is 3.24 Å². The summed E-state index contributed by atoms with van der Waals surface area (Å²) in [6.07, 6.45) is 2.94. The highest BCUT2D eigenvalue weighted by atomic mass is 15.2. The molecule has 0 bridgehead atoms. The van der Waals surface area contributed by atoms with Crippen molar-refractivity contribution in [3.63, 3.8) is 0 Å². The van der Waals surface area contributed by atoms with Crippen molar-refractivity contribution in [1.29, 1.82) is 0 Å². The quantitative estimate of drug-likeness (QED) is 0.621. The molecule has 82 valence electrons. The molecule has 0 N–H and O–H groups in total. The highest BCUT2D eigenvalue weighted by Crippen LogP contribution is 2.65. The van der Waals surface area contributed by atoms with E-state index < -0.39 is 0 Å². The number of likely N-dealkylation sites (tertiary alicyclic amines) is 1. The van der Waals surface area contributed by atoms with Gasteiger partial charge in [-0.25, -0.2) is 0 Å². The lowest BCUT2D eigenvalue weighted by Crippen LogP contribution is -2.29. The maximum absolute atomic E-state index is 2.66. The summed E-state index contributed by atoms with van der Waals surface area (Å²) in [5, 5.41) is 0. The van der Waals surface area contributed by atoms with Crippen LogP contribution in [0, 0.1) is 16.7 Å². The molecule has 1 saturated heterocycles.